The Hall–Kier alpha value is -3.71. The second-order valence-electron chi connectivity index (χ2n) is 7.11. The Morgan fingerprint density at radius 1 is 0.938 bits per heavy atom. The van der Waals surface area contributed by atoms with E-state index in [0.717, 1.165) is 12.1 Å². The largest absolute Gasteiger partial charge is 0.492 e. The molecule has 2 N–H and O–H groups in total. The normalized spacial score (nSPS) is 10.2. The first-order valence-electron chi connectivity index (χ1n) is 10.2. The third-order valence-electron chi connectivity index (χ3n) is 4.83. The number of benzene rings is 3. The Kier molecular flexibility index (Phi) is 7.94. The first-order chi connectivity index (χ1) is 15.4. The highest BCUT2D eigenvalue weighted by molar-refractivity contribution is 7.80. The minimum atomic E-state index is -0.356. The standard InChI is InChI=1S/C25H25N3O3S/c1-18(29)28(2)21-14-12-20(13-15-21)26-25(32)27-24(30)22-10-6-7-11-23(22)31-17-16-19-8-4-3-5-9-19/h3-15H,16-17H2,1-2H3,(H2,26,27,30,32). The smallest absolute Gasteiger partial charge is 0.261 e. The average molecular weight is 448 g/mol. The summed E-state index contributed by atoms with van der Waals surface area (Å²) in [6.45, 7) is 1.96. The summed E-state index contributed by atoms with van der Waals surface area (Å²) in [5, 5.41) is 5.83. The van der Waals surface area contributed by atoms with Crippen LogP contribution in [0.4, 0.5) is 11.4 Å². The molecule has 0 radical (unpaired) electrons. The van der Waals surface area contributed by atoms with Crippen LogP contribution in [-0.2, 0) is 11.2 Å². The van der Waals surface area contributed by atoms with Gasteiger partial charge >= 0.3 is 0 Å². The summed E-state index contributed by atoms with van der Waals surface area (Å²) in [5.74, 6) is 0.0873. The van der Waals surface area contributed by atoms with E-state index in [-0.39, 0.29) is 16.9 Å². The van der Waals surface area contributed by atoms with E-state index in [4.69, 9.17) is 17.0 Å². The minimum Gasteiger partial charge on any atom is -0.492 e. The fourth-order valence-electron chi connectivity index (χ4n) is 2.99. The van der Waals surface area contributed by atoms with Gasteiger partial charge in [-0.25, -0.2) is 0 Å². The lowest BCUT2D eigenvalue weighted by molar-refractivity contribution is -0.116. The SMILES string of the molecule is CC(=O)N(C)c1ccc(NC(=S)NC(=O)c2ccccc2OCCc2ccccc2)cc1. The molecule has 0 bridgehead atoms. The topological polar surface area (TPSA) is 70.7 Å². The molecular weight excluding hydrogens is 422 g/mol. The average Bonchev–Trinajstić information content (AvgIpc) is 2.80. The van der Waals surface area contributed by atoms with Crippen LogP contribution in [0.2, 0.25) is 0 Å². The predicted octanol–water partition coefficient (Wildman–Crippen LogP) is 4.42. The minimum absolute atomic E-state index is 0.0573. The van der Waals surface area contributed by atoms with Gasteiger partial charge in [0.1, 0.15) is 5.75 Å². The quantitative estimate of drug-likeness (QED) is 0.525. The van der Waals surface area contributed by atoms with E-state index in [2.05, 4.69) is 10.6 Å². The highest BCUT2D eigenvalue weighted by Crippen LogP contribution is 2.19. The summed E-state index contributed by atoms with van der Waals surface area (Å²) in [6.07, 6.45) is 0.742. The molecule has 6 nitrogen and oxygen atoms in total. The molecule has 3 aromatic rings. The molecule has 0 atom stereocenters. The van der Waals surface area contributed by atoms with Crippen molar-refractivity contribution in [3.63, 3.8) is 0 Å². The van der Waals surface area contributed by atoms with Gasteiger partial charge in [-0.1, -0.05) is 42.5 Å². The number of hydrogen-bond acceptors (Lipinski definition) is 4. The van der Waals surface area contributed by atoms with E-state index >= 15 is 0 Å². The monoisotopic (exact) mass is 447 g/mol. The van der Waals surface area contributed by atoms with Crippen molar-refractivity contribution >= 4 is 40.5 Å². The van der Waals surface area contributed by atoms with Crippen molar-refractivity contribution in [1.82, 2.24) is 5.32 Å². The van der Waals surface area contributed by atoms with E-state index in [9.17, 15) is 9.59 Å². The fourth-order valence-corrected chi connectivity index (χ4v) is 3.20. The number of carbonyl (C=O) groups excluding carboxylic acids is 2. The molecule has 0 unspecified atom stereocenters. The molecule has 0 aliphatic carbocycles. The molecular formula is C25H25N3O3S. The number of ether oxygens (including phenoxy) is 1. The predicted molar refractivity (Wildman–Crippen MR) is 131 cm³/mol. The molecule has 0 saturated heterocycles. The lowest BCUT2D eigenvalue weighted by Gasteiger charge is -2.16. The zero-order valence-corrected chi connectivity index (χ0v) is 18.8. The number of hydrogen-bond donors (Lipinski definition) is 2. The number of carbonyl (C=O) groups is 2. The van der Waals surface area contributed by atoms with Crippen LogP contribution in [0, 0.1) is 0 Å². The summed E-state index contributed by atoms with van der Waals surface area (Å²) >= 11 is 5.28. The van der Waals surface area contributed by atoms with E-state index in [1.165, 1.54) is 12.5 Å². The van der Waals surface area contributed by atoms with E-state index in [1.54, 1.807) is 54.4 Å². The molecule has 164 valence electrons. The van der Waals surface area contributed by atoms with Crippen molar-refractivity contribution in [2.45, 2.75) is 13.3 Å². The third-order valence-corrected chi connectivity index (χ3v) is 5.04. The number of amides is 2. The Bertz CT molecular complexity index is 1090. The molecule has 3 aromatic carbocycles. The maximum atomic E-state index is 12.8. The van der Waals surface area contributed by atoms with Crippen molar-refractivity contribution in [1.29, 1.82) is 0 Å². The molecule has 0 aromatic heterocycles. The molecule has 2 amide bonds. The van der Waals surface area contributed by atoms with E-state index in [0.29, 0.717) is 23.6 Å². The second-order valence-corrected chi connectivity index (χ2v) is 7.52. The molecule has 7 heteroatoms. The Balaban J connectivity index is 1.57. The van der Waals surface area contributed by atoms with Crippen molar-refractivity contribution in [3.05, 3.63) is 90.0 Å². The fraction of sp³-hybridized carbons (Fsp3) is 0.160. The molecule has 32 heavy (non-hydrogen) atoms. The number of para-hydroxylation sites is 1. The summed E-state index contributed by atoms with van der Waals surface area (Å²) in [7, 11) is 1.70. The van der Waals surface area contributed by atoms with E-state index < -0.39 is 0 Å². The zero-order valence-electron chi connectivity index (χ0n) is 18.0. The summed E-state index contributed by atoms with van der Waals surface area (Å²) in [6, 6.07) is 24.2. The Morgan fingerprint density at radius 2 is 1.59 bits per heavy atom. The summed E-state index contributed by atoms with van der Waals surface area (Å²) < 4.78 is 5.86. The van der Waals surface area contributed by atoms with Gasteiger partial charge in [-0.3, -0.25) is 14.9 Å². The lowest BCUT2D eigenvalue weighted by atomic mass is 10.1. The Morgan fingerprint density at radius 3 is 2.28 bits per heavy atom. The van der Waals surface area contributed by atoms with Gasteiger partial charge in [-0.2, -0.15) is 0 Å². The molecule has 0 spiro atoms. The van der Waals surface area contributed by atoms with Gasteiger partial charge < -0.3 is 15.0 Å². The second kappa shape index (κ2) is 11.1. The van der Waals surface area contributed by atoms with Crippen molar-refractivity contribution in [3.8, 4) is 5.75 Å². The van der Waals surface area contributed by atoms with Crippen LogP contribution in [0.25, 0.3) is 0 Å². The van der Waals surface area contributed by atoms with Gasteiger partial charge in [-0.15, -0.1) is 0 Å². The van der Waals surface area contributed by atoms with Gasteiger partial charge in [0, 0.05) is 31.8 Å². The Labute approximate surface area is 193 Å². The van der Waals surface area contributed by atoms with Gasteiger partial charge in [0.15, 0.2) is 5.11 Å². The molecule has 0 aliphatic heterocycles. The lowest BCUT2D eigenvalue weighted by Crippen LogP contribution is -2.34. The first-order valence-corrected chi connectivity index (χ1v) is 10.6. The number of nitrogens with zero attached hydrogens (tertiary/aromatic N) is 1. The zero-order chi connectivity index (χ0) is 22.9. The van der Waals surface area contributed by atoms with Crippen LogP contribution in [0.15, 0.2) is 78.9 Å². The summed E-state index contributed by atoms with van der Waals surface area (Å²) in [4.78, 5) is 25.8. The molecule has 0 aliphatic rings. The van der Waals surface area contributed by atoms with Crippen LogP contribution in [-0.4, -0.2) is 30.6 Å². The van der Waals surface area contributed by atoms with E-state index in [1.807, 2.05) is 36.4 Å². The number of nitrogens with one attached hydrogen (secondary N) is 2. The van der Waals surface area contributed by atoms with Crippen LogP contribution >= 0.6 is 12.2 Å². The molecule has 0 fully saturated rings. The highest BCUT2D eigenvalue weighted by atomic mass is 32.1. The van der Waals surface area contributed by atoms with Crippen molar-refractivity contribution < 1.29 is 14.3 Å². The number of thiocarbonyl (C=S) groups is 1. The summed E-state index contributed by atoms with van der Waals surface area (Å²) in [5.41, 5.74) is 3.03. The van der Waals surface area contributed by atoms with Crippen LogP contribution in [0.1, 0.15) is 22.8 Å². The number of anilines is 2. The maximum Gasteiger partial charge on any atom is 0.261 e. The van der Waals surface area contributed by atoms with Crippen LogP contribution in [0.5, 0.6) is 5.75 Å². The molecule has 3 rings (SSSR count). The first kappa shape index (κ1) is 23.0. The molecule has 0 saturated carbocycles. The van der Waals surface area contributed by atoms with Gasteiger partial charge in [0.05, 0.1) is 12.2 Å². The van der Waals surface area contributed by atoms with Gasteiger partial charge in [-0.05, 0) is 54.2 Å². The van der Waals surface area contributed by atoms with Gasteiger partial charge in [0.2, 0.25) is 5.91 Å². The van der Waals surface area contributed by atoms with Crippen LogP contribution in [0.3, 0.4) is 0 Å². The van der Waals surface area contributed by atoms with Gasteiger partial charge in [0.25, 0.3) is 5.91 Å². The van der Waals surface area contributed by atoms with Crippen molar-refractivity contribution in [2.75, 3.05) is 23.9 Å². The number of rotatable bonds is 7. The molecule has 0 heterocycles. The third kappa shape index (κ3) is 6.39. The highest BCUT2D eigenvalue weighted by Gasteiger charge is 2.14. The maximum absolute atomic E-state index is 12.8. The van der Waals surface area contributed by atoms with Crippen molar-refractivity contribution in [2.24, 2.45) is 0 Å². The van der Waals surface area contributed by atoms with Crippen LogP contribution < -0.4 is 20.3 Å².